The van der Waals surface area contributed by atoms with Crippen LogP contribution in [0.3, 0.4) is 0 Å². The minimum Gasteiger partial charge on any atom is -0.314 e. The van der Waals surface area contributed by atoms with E-state index in [2.05, 4.69) is 64.8 Å². The quantitative estimate of drug-likeness (QED) is 0.502. The van der Waals surface area contributed by atoms with Crippen molar-refractivity contribution in [1.29, 1.82) is 0 Å². The van der Waals surface area contributed by atoms with Crippen LogP contribution in [-0.2, 0) is 0 Å². The van der Waals surface area contributed by atoms with Gasteiger partial charge >= 0.3 is 0 Å². The number of hydrogen-bond acceptors (Lipinski definition) is 2. The Hall–Kier alpha value is -2.30. The monoisotopic (exact) mass is 364 g/mol. The lowest BCUT2D eigenvalue weighted by molar-refractivity contribution is 0.0745. The van der Waals surface area contributed by atoms with E-state index in [1.165, 1.54) is 26.9 Å². The summed E-state index contributed by atoms with van der Waals surface area (Å²) in [6.45, 7) is 3.32. The van der Waals surface area contributed by atoms with Crippen molar-refractivity contribution in [2.45, 2.75) is 18.9 Å². The third kappa shape index (κ3) is 2.84. The zero-order valence-corrected chi connectivity index (χ0v) is 15.1. The highest BCUT2D eigenvalue weighted by Gasteiger charge is 2.27. The molecule has 1 atom stereocenters. The van der Waals surface area contributed by atoms with E-state index in [1.54, 1.807) is 0 Å². The number of benzene rings is 4. The molecule has 4 heteroatoms. The molecule has 0 aliphatic carbocycles. The number of piperazine rings is 1. The van der Waals surface area contributed by atoms with Crippen LogP contribution in [0.2, 0.25) is 0 Å². The molecule has 1 fully saturated rings. The van der Waals surface area contributed by atoms with Crippen LogP contribution in [-0.4, -0.2) is 37.5 Å². The molecule has 4 aromatic rings. The second-order valence-corrected chi connectivity index (χ2v) is 7.44. The second-order valence-electron chi connectivity index (χ2n) is 7.44. The van der Waals surface area contributed by atoms with Gasteiger partial charge in [-0.05, 0) is 37.9 Å². The average molecular weight is 364 g/mol. The minimum absolute atomic E-state index is 0.121. The van der Waals surface area contributed by atoms with Crippen molar-refractivity contribution < 1.29 is 8.78 Å². The smallest absolute Gasteiger partial charge is 0.240 e. The molecule has 0 bridgehead atoms. The molecule has 1 aliphatic rings. The van der Waals surface area contributed by atoms with Crippen LogP contribution in [0.25, 0.3) is 32.3 Å². The molecular formula is C23H22F2N2. The van der Waals surface area contributed by atoms with Gasteiger partial charge in [0.1, 0.15) is 0 Å². The molecule has 27 heavy (non-hydrogen) atoms. The first-order valence-corrected chi connectivity index (χ1v) is 9.62. The summed E-state index contributed by atoms with van der Waals surface area (Å²) in [5.74, 6) is 0. The molecule has 1 N–H and O–H groups in total. The molecule has 0 unspecified atom stereocenters. The van der Waals surface area contributed by atoms with Crippen LogP contribution in [0.15, 0.2) is 54.6 Å². The first-order chi connectivity index (χ1) is 13.2. The van der Waals surface area contributed by atoms with E-state index < -0.39 is 6.43 Å². The van der Waals surface area contributed by atoms with Crippen molar-refractivity contribution >= 4 is 32.3 Å². The van der Waals surface area contributed by atoms with Gasteiger partial charge < -0.3 is 5.32 Å². The average Bonchev–Trinajstić information content (AvgIpc) is 2.71. The fourth-order valence-electron chi connectivity index (χ4n) is 4.68. The Bertz CT molecular complexity index is 1070. The summed E-state index contributed by atoms with van der Waals surface area (Å²) in [6.07, 6.45) is -2.44. The van der Waals surface area contributed by atoms with Gasteiger partial charge in [-0.2, -0.15) is 0 Å². The second kappa shape index (κ2) is 6.70. The number of nitrogens with zero attached hydrogens (tertiary/aromatic N) is 1. The van der Waals surface area contributed by atoms with Crippen molar-refractivity contribution in [2.75, 3.05) is 26.2 Å². The van der Waals surface area contributed by atoms with Crippen molar-refractivity contribution in [2.24, 2.45) is 0 Å². The van der Waals surface area contributed by atoms with Gasteiger partial charge in [-0.25, -0.2) is 8.78 Å². The van der Waals surface area contributed by atoms with Gasteiger partial charge in [0, 0.05) is 38.6 Å². The van der Waals surface area contributed by atoms with Gasteiger partial charge in [0.25, 0.3) is 0 Å². The van der Waals surface area contributed by atoms with Gasteiger partial charge in [0.05, 0.1) is 0 Å². The number of hydrogen-bond donors (Lipinski definition) is 1. The van der Waals surface area contributed by atoms with E-state index in [4.69, 9.17) is 0 Å². The molecule has 0 radical (unpaired) electrons. The minimum atomic E-state index is -2.32. The summed E-state index contributed by atoms with van der Waals surface area (Å²) < 4.78 is 27.0. The Balaban J connectivity index is 1.75. The van der Waals surface area contributed by atoms with E-state index in [0.717, 1.165) is 37.1 Å². The molecule has 138 valence electrons. The molecule has 0 spiro atoms. The first kappa shape index (κ1) is 16.8. The summed E-state index contributed by atoms with van der Waals surface area (Å²) in [6, 6.07) is 18.8. The molecule has 5 rings (SSSR count). The third-order valence-electron chi connectivity index (χ3n) is 5.92. The highest BCUT2D eigenvalue weighted by molar-refractivity contribution is 6.23. The Morgan fingerprint density at radius 1 is 0.815 bits per heavy atom. The fourth-order valence-corrected chi connectivity index (χ4v) is 4.68. The lowest BCUT2D eigenvalue weighted by Crippen LogP contribution is -2.45. The van der Waals surface area contributed by atoms with Crippen LogP contribution >= 0.6 is 0 Å². The Morgan fingerprint density at radius 3 is 2.15 bits per heavy atom. The van der Waals surface area contributed by atoms with Gasteiger partial charge in [-0.15, -0.1) is 0 Å². The van der Waals surface area contributed by atoms with E-state index in [-0.39, 0.29) is 12.5 Å². The molecule has 1 aliphatic heterocycles. The van der Waals surface area contributed by atoms with Crippen molar-refractivity contribution in [3.63, 3.8) is 0 Å². The number of alkyl halides is 2. The van der Waals surface area contributed by atoms with Crippen molar-refractivity contribution in [1.82, 2.24) is 10.2 Å². The predicted molar refractivity (Wildman–Crippen MR) is 108 cm³/mol. The molecule has 0 saturated carbocycles. The standard InChI is InChI=1S/C23H22F2N2/c24-21(25)14-20(27-12-10-26-11-13-27)18-8-6-17-5-4-15-2-1-3-16-7-9-19(18)23(17)22(15)16/h1-9,20-21,26H,10-14H2/t20-/m0/s1. The van der Waals surface area contributed by atoms with Crippen molar-refractivity contribution in [3.05, 3.63) is 60.2 Å². The predicted octanol–water partition coefficient (Wildman–Crippen LogP) is 5.19. The SMILES string of the molecule is FC(F)C[C@@H](c1ccc2ccc3cccc4ccc1c2c34)N1CCNCC1. The first-order valence-electron chi connectivity index (χ1n) is 9.62. The van der Waals surface area contributed by atoms with E-state index in [1.807, 2.05) is 0 Å². The van der Waals surface area contributed by atoms with Crippen LogP contribution in [0, 0.1) is 0 Å². The molecule has 0 aromatic heterocycles. The van der Waals surface area contributed by atoms with Gasteiger partial charge in [-0.3, -0.25) is 4.90 Å². The molecule has 1 heterocycles. The van der Waals surface area contributed by atoms with E-state index in [0.29, 0.717) is 0 Å². The highest BCUT2D eigenvalue weighted by Crippen LogP contribution is 2.40. The van der Waals surface area contributed by atoms with E-state index in [9.17, 15) is 8.78 Å². The lowest BCUT2D eigenvalue weighted by Gasteiger charge is -2.36. The molecule has 4 aromatic carbocycles. The molecule has 0 amide bonds. The fraction of sp³-hybridized carbons (Fsp3) is 0.304. The highest BCUT2D eigenvalue weighted by atomic mass is 19.3. The van der Waals surface area contributed by atoms with Crippen LogP contribution < -0.4 is 5.32 Å². The van der Waals surface area contributed by atoms with Gasteiger partial charge in [-0.1, -0.05) is 54.6 Å². The Morgan fingerprint density at radius 2 is 1.44 bits per heavy atom. The zero-order chi connectivity index (χ0) is 18.4. The molecule has 1 saturated heterocycles. The normalized spacial score (nSPS) is 17.4. The summed E-state index contributed by atoms with van der Waals surface area (Å²) in [5, 5.41) is 10.5. The summed E-state index contributed by atoms with van der Waals surface area (Å²) in [7, 11) is 0. The number of nitrogens with one attached hydrogen (secondary N) is 1. The van der Waals surface area contributed by atoms with Crippen LogP contribution in [0.5, 0.6) is 0 Å². The topological polar surface area (TPSA) is 15.3 Å². The maximum atomic E-state index is 13.5. The summed E-state index contributed by atoms with van der Waals surface area (Å²) >= 11 is 0. The number of halogens is 2. The van der Waals surface area contributed by atoms with E-state index >= 15 is 0 Å². The van der Waals surface area contributed by atoms with Crippen LogP contribution in [0.4, 0.5) is 8.78 Å². The maximum Gasteiger partial charge on any atom is 0.240 e. The third-order valence-corrected chi connectivity index (χ3v) is 5.92. The largest absolute Gasteiger partial charge is 0.314 e. The van der Waals surface area contributed by atoms with Crippen LogP contribution in [0.1, 0.15) is 18.0 Å². The zero-order valence-electron chi connectivity index (χ0n) is 15.1. The Labute approximate surface area is 157 Å². The van der Waals surface area contributed by atoms with Gasteiger partial charge in [0.15, 0.2) is 0 Å². The Kier molecular flexibility index (Phi) is 4.18. The summed E-state index contributed by atoms with van der Waals surface area (Å²) in [4.78, 5) is 2.22. The maximum absolute atomic E-state index is 13.5. The number of rotatable bonds is 4. The summed E-state index contributed by atoms with van der Waals surface area (Å²) in [5.41, 5.74) is 1.03. The van der Waals surface area contributed by atoms with Gasteiger partial charge in [0.2, 0.25) is 6.43 Å². The molecular weight excluding hydrogens is 342 g/mol. The molecule has 2 nitrogen and oxygen atoms in total. The van der Waals surface area contributed by atoms with Crippen molar-refractivity contribution in [3.8, 4) is 0 Å². The lowest BCUT2D eigenvalue weighted by atomic mass is 9.88.